The highest BCUT2D eigenvalue weighted by molar-refractivity contribution is 5.81. The lowest BCUT2D eigenvalue weighted by atomic mass is 10.0. The molecule has 5 nitrogen and oxygen atoms in total. The van der Waals surface area contributed by atoms with Gasteiger partial charge in [-0.3, -0.25) is 0 Å². The van der Waals surface area contributed by atoms with Crippen molar-refractivity contribution in [1.82, 2.24) is 4.57 Å². The number of carbonyl (C=O) groups is 1. The fraction of sp³-hybridized carbons (Fsp3) is 0.211. The van der Waals surface area contributed by atoms with Crippen molar-refractivity contribution in [1.29, 1.82) is 0 Å². The number of rotatable bonds is 5. The zero-order valence-corrected chi connectivity index (χ0v) is 13.5. The first-order valence-corrected chi connectivity index (χ1v) is 7.61. The van der Waals surface area contributed by atoms with Crippen LogP contribution in [0.5, 0.6) is 5.75 Å². The fourth-order valence-corrected chi connectivity index (χ4v) is 2.89. The van der Waals surface area contributed by atoms with Crippen LogP contribution in [0, 0.1) is 0 Å². The Kier molecular flexibility index (Phi) is 4.53. The van der Waals surface area contributed by atoms with E-state index in [1.165, 1.54) is 7.11 Å². The lowest BCUT2D eigenvalue weighted by Crippen LogP contribution is -2.33. The van der Waals surface area contributed by atoms with Gasteiger partial charge in [-0.2, -0.15) is 0 Å². The molecule has 5 heteroatoms. The van der Waals surface area contributed by atoms with Gasteiger partial charge in [0.2, 0.25) is 0 Å². The Balaban J connectivity index is 2.12. The molecular weight excluding hydrogens is 306 g/mol. The summed E-state index contributed by atoms with van der Waals surface area (Å²) in [7, 11) is 2.86. The molecular formula is C19H19NO4. The first-order chi connectivity index (χ1) is 11.7. The van der Waals surface area contributed by atoms with E-state index in [-0.39, 0.29) is 0 Å². The molecule has 2 atom stereocenters. The molecule has 0 fully saturated rings. The molecule has 0 saturated carbocycles. The summed E-state index contributed by atoms with van der Waals surface area (Å²) in [5.41, 5.74) is 1.72. The van der Waals surface area contributed by atoms with Crippen LogP contribution in [0.3, 0.4) is 0 Å². The molecule has 0 aliphatic carbocycles. The minimum Gasteiger partial charge on any atom is -0.497 e. The monoisotopic (exact) mass is 325 g/mol. The molecule has 124 valence electrons. The Hall–Kier alpha value is -2.79. The molecule has 0 radical (unpaired) electrons. The van der Waals surface area contributed by atoms with Crippen molar-refractivity contribution in [3.8, 4) is 5.75 Å². The summed E-state index contributed by atoms with van der Waals surface area (Å²) in [6.07, 6.45) is 0.547. The molecule has 3 rings (SSSR count). The van der Waals surface area contributed by atoms with E-state index >= 15 is 0 Å². The van der Waals surface area contributed by atoms with E-state index in [1.807, 2.05) is 53.2 Å². The van der Waals surface area contributed by atoms with Crippen molar-refractivity contribution >= 4 is 16.9 Å². The first kappa shape index (κ1) is 16.1. The van der Waals surface area contributed by atoms with Crippen molar-refractivity contribution in [3.63, 3.8) is 0 Å². The minimum atomic E-state index is -1.32. The minimum absolute atomic E-state index is 0.594. The second-order valence-corrected chi connectivity index (χ2v) is 5.47. The van der Waals surface area contributed by atoms with Crippen LogP contribution in [0.15, 0.2) is 60.8 Å². The summed E-state index contributed by atoms with van der Waals surface area (Å²) in [4.78, 5) is 12.0. The number of aliphatic hydroxyl groups is 1. The Labute approximate surface area is 140 Å². The Bertz CT molecular complexity index is 838. The van der Waals surface area contributed by atoms with Gasteiger partial charge in [0.1, 0.15) is 5.75 Å². The number of aromatic nitrogens is 1. The largest absolute Gasteiger partial charge is 0.497 e. The molecule has 0 saturated heterocycles. The standard InChI is InChI=1S/C19H19NO4/c1-23-15-9-7-14(8-10-15)17(18(21)19(22)24-2)20-12-11-13-5-3-4-6-16(13)20/h3-12,17-18,21H,1-2H3. The van der Waals surface area contributed by atoms with Gasteiger partial charge in [0.15, 0.2) is 6.10 Å². The highest BCUT2D eigenvalue weighted by atomic mass is 16.5. The summed E-state index contributed by atoms with van der Waals surface area (Å²) < 4.78 is 11.8. The number of fused-ring (bicyclic) bond motifs is 1. The number of nitrogens with zero attached hydrogens (tertiary/aromatic N) is 1. The maximum Gasteiger partial charge on any atom is 0.337 e. The van der Waals surface area contributed by atoms with Gasteiger partial charge in [0, 0.05) is 11.7 Å². The third kappa shape index (κ3) is 2.86. The quantitative estimate of drug-likeness (QED) is 0.733. The number of para-hydroxylation sites is 1. The number of hydrogen-bond donors (Lipinski definition) is 1. The molecule has 0 aliphatic heterocycles. The third-order valence-electron chi connectivity index (χ3n) is 4.13. The molecule has 0 aliphatic rings. The Morgan fingerprint density at radius 2 is 1.75 bits per heavy atom. The predicted octanol–water partition coefficient (Wildman–Crippen LogP) is 2.77. The van der Waals surface area contributed by atoms with Crippen molar-refractivity contribution in [2.75, 3.05) is 14.2 Å². The normalized spacial score (nSPS) is 13.5. The summed E-state index contributed by atoms with van der Waals surface area (Å²) in [5.74, 6) is 0.0380. The van der Waals surface area contributed by atoms with Gasteiger partial charge in [-0.25, -0.2) is 4.79 Å². The molecule has 1 heterocycles. The molecule has 0 amide bonds. The second-order valence-electron chi connectivity index (χ2n) is 5.47. The van der Waals surface area contributed by atoms with Gasteiger partial charge in [-0.05, 0) is 35.2 Å². The molecule has 3 aromatic rings. The van der Waals surface area contributed by atoms with Crippen molar-refractivity contribution in [2.45, 2.75) is 12.1 Å². The zero-order chi connectivity index (χ0) is 17.1. The summed E-state index contributed by atoms with van der Waals surface area (Å²) in [6, 6.07) is 16.5. The maximum atomic E-state index is 12.0. The van der Waals surface area contributed by atoms with E-state index in [9.17, 15) is 9.90 Å². The van der Waals surface area contributed by atoms with Crippen LogP contribution in [0.2, 0.25) is 0 Å². The predicted molar refractivity (Wildman–Crippen MR) is 91.1 cm³/mol. The summed E-state index contributed by atoms with van der Waals surface area (Å²) in [5, 5.41) is 11.6. The van der Waals surface area contributed by atoms with E-state index < -0.39 is 18.1 Å². The Morgan fingerprint density at radius 1 is 1.04 bits per heavy atom. The molecule has 1 aromatic heterocycles. The molecule has 1 N–H and O–H groups in total. The van der Waals surface area contributed by atoms with Gasteiger partial charge < -0.3 is 19.1 Å². The van der Waals surface area contributed by atoms with Crippen LogP contribution >= 0.6 is 0 Å². The highest BCUT2D eigenvalue weighted by Gasteiger charge is 2.30. The number of hydrogen-bond acceptors (Lipinski definition) is 4. The van der Waals surface area contributed by atoms with Crippen LogP contribution in [-0.2, 0) is 9.53 Å². The van der Waals surface area contributed by atoms with Gasteiger partial charge in [0.05, 0.1) is 20.3 Å². The van der Waals surface area contributed by atoms with Crippen LogP contribution in [0.4, 0.5) is 0 Å². The van der Waals surface area contributed by atoms with Crippen LogP contribution in [0.1, 0.15) is 11.6 Å². The molecule has 0 bridgehead atoms. The van der Waals surface area contributed by atoms with Gasteiger partial charge in [-0.15, -0.1) is 0 Å². The first-order valence-electron chi connectivity index (χ1n) is 7.61. The molecule has 24 heavy (non-hydrogen) atoms. The zero-order valence-electron chi connectivity index (χ0n) is 13.5. The number of aliphatic hydroxyl groups excluding tert-OH is 1. The van der Waals surface area contributed by atoms with E-state index in [2.05, 4.69) is 0 Å². The summed E-state index contributed by atoms with van der Waals surface area (Å²) in [6.45, 7) is 0. The van der Waals surface area contributed by atoms with Crippen LogP contribution in [-0.4, -0.2) is 36.0 Å². The van der Waals surface area contributed by atoms with Crippen LogP contribution < -0.4 is 4.74 Å². The van der Waals surface area contributed by atoms with Gasteiger partial charge in [0.25, 0.3) is 0 Å². The SMILES string of the molecule is COC(=O)C(O)C(c1ccc(OC)cc1)n1ccc2ccccc21. The molecule has 2 unspecified atom stereocenters. The van der Waals surface area contributed by atoms with E-state index in [0.29, 0.717) is 5.75 Å². The van der Waals surface area contributed by atoms with Crippen molar-refractivity contribution < 1.29 is 19.4 Å². The number of benzene rings is 2. The van der Waals surface area contributed by atoms with Crippen LogP contribution in [0.25, 0.3) is 10.9 Å². The number of carbonyl (C=O) groups excluding carboxylic acids is 1. The van der Waals surface area contributed by atoms with Gasteiger partial charge in [-0.1, -0.05) is 30.3 Å². The maximum absolute atomic E-state index is 12.0. The number of methoxy groups -OCH3 is 2. The molecule has 2 aromatic carbocycles. The average Bonchev–Trinajstić information content (AvgIpc) is 3.05. The third-order valence-corrected chi connectivity index (χ3v) is 4.13. The van der Waals surface area contributed by atoms with Crippen molar-refractivity contribution in [2.24, 2.45) is 0 Å². The topological polar surface area (TPSA) is 60.7 Å². The van der Waals surface area contributed by atoms with E-state index in [4.69, 9.17) is 9.47 Å². The smallest absolute Gasteiger partial charge is 0.337 e. The van der Waals surface area contributed by atoms with Crippen molar-refractivity contribution in [3.05, 3.63) is 66.4 Å². The number of esters is 1. The van der Waals surface area contributed by atoms with Gasteiger partial charge >= 0.3 is 5.97 Å². The number of ether oxygens (including phenoxy) is 2. The fourth-order valence-electron chi connectivity index (χ4n) is 2.89. The average molecular weight is 325 g/mol. The lowest BCUT2D eigenvalue weighted by molar-refractivity contribution is -0.152. The Morgan fingerprint density at radius 3 is 2.42 bits per heavy atom. The second kappa shape index (κ2) is 6.76. The van der Waals surface area contributed by atoms with E-state index in [1.54, 1.807) is 19.2 Å². The summed E-state index contributed by atoms with van der Waals surface area (Å²) >= 11 is 0. The van der Waals surface area contributed by atoms with E-state index in [0.717, 1.165) is 16.5 Å². The highest BCUT2D eigenvalue weighted by Crippen LogP contribution is 2.29. The molecule has 0 spiro atoms. The lowest BCUT2D eigenvalue weighted by Gasteiger charge is -2.24.